The van der Waals surface area contributed by atoms with Gasteiger partial charge in [0.05, 0.1) is 0 Å². The van der Waals surface area contributed by atoms with Crippen molar-refractivity contribution in [2.75, 3.05) is 13.1 Å². The van der Waals surface area contributed by atoms with Crippen LogP contribution in [0.3, 0.4) is 0 Å². The summed E-state index contributed by atoms with van der Waals surface area (Å²) >= 11 is 0. The van der Waals surface area contributed by atoms with E-state index >= 15 is 0 Å². The van der Waals surface area contributed by atoms with Crippen molar-refractivity contribution < 1.29 is 4.79 Å². The molecule has 0 heterocycles. The highest BCUT2D eigenvalue weighted by molar-refractivity contribution is 5.79. The van der Waals surface area contributed by atoms with E-state index in [0.29, 0.717) is 18.6 Å². The minimum Gasteiger partial charge on any atom is -0.355 e. The maximum atomic E-state index is 10.5. The van der Waals surface area contributed by atoms with Gasteiger partial charge in [0.2, 0.25) is 5.91 Å². The molecule has 0 unspecified atom stereocenters. The van der Waals surface area contributed by atoms with Crippen molar-refractivity contribution in [1.82, 2.24) is 10.2 Å². The van der Waals surface area contributed by atoms with Crippen LogP contribution in [0.25, 0.3) is 0 Å². The first-order valence-corrected chi connectivity index (χ1v) is 4.80. The van der Waals surface area contributed by atoms with Gasteiger partial charge >= 0.3 is 0 Å². The average molecular weight is 185 g/mol. The molecule has 13 heavy (non-hydrogen) atoms. The Morgan fingerprint density at radius 3 is 2.08 bits per heavy atom. The Balaban J connectivity index is 3.77. The summed E-state index contributed by atoms with van der Waals surface area (Å²) < 4.78 is 0. The summed E-state index contributed by atoms with van der Waals surface area (Å²) in [4.78, 5) is 12.9. The molecule has 3 nitrogen and oxygen atoms in total. The van der Waals surface area contributed by atoms with Crippen LogP contribution in [-0.4, -0.2) is 36.0 Å². The summed E-state index contributed by atoms with van der Waals surface area (Å²) in [6.45, 7) is 13.5. The third-order valence-corrected chi connectivity index (χ3v) is 2.02. The van der Waals surface area contributed by atoms with Gasteiger partial charge in [0.15, 0.2) is 0 Å². The SMILES string of the molecule is [CH2]C(=O)NCCN(C(C)C)C(C)C. The van der Waals surface area contributed by atoms with Crippen molar-refractivity contribution in [3.63, 3.8) is 0 Å². The lowest BCUT2D eigenvalue weighted by Crippen LogP contribution is -2.42. The monoisotopic (exact) mass is 185 g/mol. The quantitative estimate of drug-likeness (QED) is 0.694. The van der Waals surface area contributed by atoms with Crippen LogP contribution in [0, 0.1) is 6.92 Å². The van der Waals surface area contributed by atoms with Gasteiger partial charge in [-0.2, -0.15) is 0 Å². The van der Waals surface area contributed by atoms with E-state index in [1.807, 2.05) is 0 Å². The van der Waals surface area contributed by atoms with Crippen molar-refractivity contribution in [2.24, 2.45) is 0 Å². The summed E-state index contributed by atoms with van der Waals surface area (Å²) in [7, 11) is 0. The van der Waals surface area contributed by atoms with Crippen LogP contribution >= 0.6 is 0 Å². The third kappa shape index (κ3) is 5.64. The molecule has 3 heteroatoms. The summed E-state index contributed by atoms with van der Waals surface area (Å²) in [5, 5.41) is 2.69. The molecule has 0 saturated carbocycles. The summed E-state index contributed by atoms with van der Waals surface area (Å²) in [6, 6.07) is 1.03. The first-order chi connectivity index (χ1) is 5.95. The van der Waals surface area contributed by atoms with Crippen molar-refractivity contribution >= 4 is 5.91 Å². The number of rotatable bonds is 5. The molecule has 0 atom stereocenters. The van der Waals surface area contributed by atoms with Crippen molar-refractivity contribution in [3.05, 3.63) is 6.92 Å². The molecule has 0 aromatic carbocycles. The van der Waals surface area contributed by atoms with Gasteiger partial charge in [0.1, 0.15) is 0 Å². The third-order valence-electron chi connectivity index (χ3n) is 2.02. The van der Waals surface area contributed by atoms with E-state index < -0.39 is 0 Å². The minimum atomic E-state index is -0.201. The zero-order valence-electron chi connectivity index (χ0n) is 9.13. The summed E-state index contributed by atoms with van der Waals surface area (Å²) in [5.74, 6) is -0.201. The van der Waals surface area contributed by atoms with Gasteiger partial charge in [-0.25, -0.2) is 0 Å². The number of carbonyl (C=O) groups excluding carboxylic acids is 1. The number of hydrogen-bond donors (Lipinski definition) is 1. The van der Waals surface area contributed by atoms with Gasteiger partial charge in [0.25, 0.3) is 0 Å². The molecule has 0 fully saturated rings. The lowest BCUT2D eigenvalue weighted by molar-refractivity contribution is -0.116. The molecule has 0 aliphatic rings. The Labute approximate surface area is 81.5 Å². The van der Waals surface area contributed by atoms with E-state index in [0.717, 1.165) is 6.54 Å². The van der Waals surface area contributed by atoms with Crippen LogP contribution in [0.5, 0.6) is 0 Å². The molecular weight excluding hydrogens is 164 g/mol. The van der Waals surface area contributed by atoms with Crippen molar-refractivity contribution in [2.45, 2.75) is 39.8 Å². The molecule has 0 aromatic rings. The van der Waals surface area contributed by atoms with Crippen LogP contribution in [0.15, 0.2) is 0 Å². The van der Waals surface area contributed by atoms with Crippen LogP contribution in [0.2, 0.25) is 0 Å². The zero-order valence-corrected chi connectivity index (χ0v) is 9.13. The van der Waals surface area contributed by atoms with E-state index in [1.165, 1.54) is 0 Å². The topological polar surface area (TPSA) is 32.3 Å². The highest BCUT2D eigenvalue weighted by Crippen LogP contribution is 2.02. The van der Waals surface area contributed by atoms with E-state index in [2.05, 4.69) is 44.8 Å². The van der Waals surface area contributed by atoms with Crippen LogP contribution in [0.4, 0.5) is 0 Å². The Kier molecular flexibility index (Phi) is 5.71. The maximum Gasteiger partial charge on any atom is 0.220 e. The van der Waals surface area contributed by atoms with Crippen molar-refractivity contribution in [3.8, 4) is 0 Å². The molecule has 0 aromatic heterocycles. The zero-order chi connectivity index (χ0) is 10.4. The predicted octanol–water partition coefficient (Wildman–Crippen LogP) is 1.06. The number of nitrogens with zero attached hydrogens (tertiary/aromatic N) is 1. The first kappa shape index (κ1) is 12.4. The molecule has 1 amide bonds. The highest BCUT2D eigenvalue weighted by Gasteiger charge is 2.12. The molecule has 0 rings (SSSR count). The van der Waals surface area contributed by atoms with Gasteiger partial charge in [-0.3, -0.25) is 9.69 Å². The molecular formula is C10H21N2O. The number of amides is 1. The molecule has 0 saturated heterocycles. The molecule has 77 valence electrons. The molecule has 0 bridgehead atoms. The fraction of sp³-hybridized carbons (Fsp3) is 0.800. The van der Waals surface area contributed by atoms with Gasteiger partial charge in [-0.1, -0.05) is 0 Å². The predicted molar refractivity (Wildman–Crippen MR) is 55.3 cm³/mol. The molecule has 0 spiro atoms. The second-order valence-electron chi connectivity index (χ2n) is 3.78. The Hall–Kier alpha value is -0.570. The number of hydrogen-bond acceptors (Lipinski definition) is 2. The highest BCUT2D eigenvalue weighted by atomic mass is 16.1. The molecule has 0 aliphatic carbocycles. The normalized spacial score (nSPS) is 11.4. The lowest BCUT2D eigenvalue weighted by Gasteiger charge is -2.30. The minimum absolute atomic E-state index is 0.201. The average Bonchev–Trinajstić information content (AvgIpc) is 1.95. The van der Waals surface area contributed by atoms with Gasteiger partial charge in [-0.15, -0.1) is 0 Å². The second kappa shape index (κ2) is 5.97. The maximum absolute atomic E-state index is 10.5. The van der Waals surface area contributed by atoms with Gasteiger partial charge < -0.3 is 5.32 Å². The smallest absolute Gasteiger partial charge is 0.220 e. The van der Waals surface area contributed by atoms with Gasteiger partial charge in [0, 0.05) is 32.1 Å². The number of nitrogens with one attached hydrogen (secondary N) is 1. The Bertz CT molecular complexity index is 147. The van der Waals surface area contributed by atoms with E-state index in [1.54, 1.807) is 0 Å². The molecule has 1 N–H and O–H groups in total. The first-order valence-electron chi connectivity index (χ1n) is 4.80. The summed E-state index contributed by atoms with van der Waals surface area (Å²) in [5.41, 5.74) is 0. The number of carbonyl (C=O) groups is 1. The largest absolute Gasteiger partial charge is 0.355 e. The second-order valence-corrected chi connectivity index (χ2v) is 3.78. The van der Waals surface area contributed by atoms with Crippen LogP contribution < -0.4 is 5.32 Å². The Morgan fingerprint density at radius 1 is 1.31 bits per heavy atom. The standard InChI is InChI=1S/C10H21N2O/c1-8(2)12(9(3)4)7-6-11-10(5)13/h8-9H,5-7H2,1-4H3,(H,11,13). The lowest BCUT2D eigenvalue weighted by atomic mass is 10.2. The van der Waals surface area contributed by atoms with Crippen molar-refractivity contribution in [1.29, 1.82) is 0 Å². The summed E-state index contributed by atoms with van der Waals surface area (Å²) in [6.07, 6.45) is 0. The molecule has 0 aliphatic heterocycles. The van der Waals surface area contributed by atoms with Gasteiger partial charge in [-0.05, 0) is 27.7 Å². The Morgan fingerprint density at radius 2 is 1.77 bits per heavy atom. The van der Waals surface area contributed by atoms with E-state index in [4.69, 9.17) is 0 Å². The van der Waals surface area contributed by atoms with E-state index in [9.17, 15) is 4.79 Å². The van der Waals surface area contributed by atoms with Crippen LogP contribution in [-0.2, 0) is 4.79 Å². The fourth-order valence-corrected chi connectivity index (χ4v) is 1.44. The van der Waals surface area contributed by atoms with Crippen LogP contribution in [0.1, 0.15) is 27.7 Å². The molecule has 1 radical (unpaired) electrons. The van der Waals surface area contributed by atoms with E-state index in [-0.39, 0.29) is 5.91 Å². The fourth-order valence-electron chi connectivity index (χ4n) is 1.44.